The van der Waals surface area contributed by atoms with Gasteiger partial charge in [0, 0.05) is 36.6 Å². The zero-order valence-corrected chi connectivity index (χ0v) is 19.5. The Morgan fingerprint density at radius 2 is 1.77 bits per heavy atom. The molecular weight excluding hydrogens is 432 g/mol. The predicted octanol–water partition coefficient (Wildman–Crippen LogP) is 3.03. The quantitative estimate of drug-likeness (QED) is 0.688. The van der Waals surface area contributed by atoms with Gasteiger partial charge in [0.2, 0.25) is 0 Å². The molecule has 7 nitrogen and oxygen atoms in total. The highest BCUT2D eigenvalue weighted by molar-refractivity contribution is 8.15. The van der Waals surface area contributed by atoms with Crippen molar-refractivity contribution in [2.24, 2.45) is 10.3 Å². The number of carbonyl (C=O) groups is 1. The fraction of sp³-hybridized carbons (Fsp3) is 0.636. The van der Waals surface area contributed by atoms with Crippen LogP contribution in [0.4, 0.5) is 5.69 Å². The van der Waals surface area contributed by atoms with Gasteiger partial charge in [-0.3, -0.25) is 4.79 Å². The van der Waals surface area contributed by atoms with E-state index in [1.165, 1.54) is 57.1 Å². The Balaban J connectivity index is 1.20. The minimum absolute atomic E-state index is 0.0313. The molecule has 2 fully saturated rings. The molecule has 0 atom stereocenters. The molecule has 0 unspecified atom stereocenters. The van der Waals surface area contributed by atoms with Crippen LogP contribution in [0.15, 0.2) is 27.5 Å². The molecule has 4 aliphatic rings. The van der Waals surface area contributed by atoms with E-state index >= 15 is 0 Å². The van der Waals surface area contributed by atoms with Gasteiger partial charge < -0.3 is 14.7 Å². The molecule has 0 spiro atoms. The summed E-state index contributed by atoms with van der Waals surface area (Å²) in [7, 11) is -3.37. The first-order chi connectivity index (χ1) is 15.0. The largest absolute Gasteiger partial charge is 0.339 e. The Morgan fingerprint density at radius 3 is 2.52 bits per heavy atom. The third kappa shape index (κ3) is 4.64. The maximum Gasteiger partial charge on any atom is 0.257 e. The van der Waals surface area contributed by atoms with E-state index in [1.54, 1.807) is 0 Å². The van der Waals surface area contributed by atoms with Gasteiger partial charge in [-0.1, -0.05) is 12.8 Å². The molecule has 0 N–H and O–H groups in total. The average molecular weight is 463 g/mol. The second kappa shape index (κ2) is 8.75. The maximum absolute atomic E-state index is 13.1. The van der Waals surface area contributed by atoms with Crippen molar-refractivity contribution in [2.75, 3.05) is 49.9 Å². The highest BCUT2D eigenvalue weighted by atomic mass is 32.2. The number of benzene rings is 1. The molecule has 0 saturated carbocycles. The van der Waals surface area contributed by atoms with Crippen LogP contribution in [0.25, 0.3) is 0 Å². The minimum atomic E-state index is -3.37. The number of nitrogens with zero attached hydrogens (tertiary/aromatic N) is 4. The Bertz CT molecular complexity index is 978. The molecule has 31 heavy (non-hydrogen) atoms. The molecule has 4 aliphatic heterocycles. The zero-order valence-electron chi connectivity index (χ0n) is 17.8. The predicted molar refractivity (Wildman–Crippen MR) is 124 cm³/mol. The molecule has 0 aliphatic carbocycles. The van der Waals surface area contributed by atoms with Crippen molar-refractivity contribution in [3.8, 4) is 0 Å². The molecule has 168 valence electrons. The van der Waals surface area contributed by atoms with Gasteiger partial charge in [0.25, 0.3) is 15.9 Å². The van der Waals surface area contributed by atoms with Gasteiger partial charge in [0.15, 0.2) is 5.17 Å². The van der Waals surface area contributed by atoms with Crippen molar-refractivity contribution >= 4 is 38.5 Å². The summed E-state index contributed by atoms with van der Waals surface area (Å²) in [4.78, 5) is 20.6. The third-order valence-corrected chi connectivity index (χ3v) is 9.14. The lowest BCUT2D eigenvalue weighted by atomic mass is 9.95. The molecule has 0 radical (unpaired) electrons. The first-order valence-electron chi connectivity index (χ1n) is 11.4. The van der Waals surface area contributed by atoms with Crippen molar-refractivity contribution < 1.29 is 13.2 Å². The Hall–Kier alpha value is -1.58. The van der Waals surface area contributed by atoms with Crippen LogP contribution in [0.5, 0.6) is 0 Å². The lowest BCUT2D eigenvalue weighted by Crippen LogP contribution is -2.41. The highest BCUT2D eigenvalue weighted by Gasteiger charge is 2.34. The van der Waals surface area contributed by atoms with Gasteiger partial charge in [-0.25, -0.2) is 8.42 Å². The van der Waals surface area contributed by atoms with Gasteiger partial charge in [0.05, 0.1) is 11.4 Å². The fourth-order valence-corrected chi connectivity index (χ4v) is 7.34. The number of likely N-dealkylation sites (tertiary alicyclic amines) is 2. The number of fused-ring (bicyclic) bond motifs is 3. The monoisotopic (exact) mass is 462 g/mol. The van der Waals surface area contributed by atoms with Gasteiger partial charge in [-0.15, -0.1) is 4.40 Å². The van der Waals surface area contributed by atoms with E-state index in [2.05, 4.69) is 9.30 Å². The summed E-state index contributed by atoms with van der Waals surface area (Å²) < 4.78 is 27.5. The molecule has 0 bridgehead atoms. The molecule has 0 aromatic heterocycles. The lowest BCUT2D eigenvalue weighted by molar-refractivity contribution is 0.0667. The number of anilines is 1. The molecule has 2 saturated heterocycles. The van der Waals surface area contributed by atoms with Crippen molar-refractivity contribution in [3.63, 3.8) is 0 Å². The van der Waals surface area contributed by atoms with E-state index in [1.807, 2.05) is 28.0 Å². The van der Waals surface area contributed by atoms with E-state index in [0.29, 0.717) is 23.2 Å². The summed E-state index contributed by atoms with van der Waals surface area (Å²) >= 11 is 1.34. The third-order valence-electron chi connectivity index (χ3n) is 6.84. The van der Waals surface area contributed by atoms with Crippen LogP contribution in [0.1, 0.15) is 48.9 Å². The molecule has 1 amide bonds. The second-order valence-electron chi connectivity index (χ2n) is 9.05. The molecule has 4 heterocycles. The molecule has 1 aromatic carbocycles. The van der Waals surface area contributed by atoms with Crippen molar-refractivity contribution in [1.82, 2.24) is 9.80 Å². The van der Waals surface area contributed by atoms with Crippen LogP contribution in [0.3, 0.4) is 0 Å². The summed E-state index contributed by atoms with van der Waals surface area (Å²) in [6, 6.07) is 5.71. The van der Waals surface area contributed by atoms with E-state index in [4.69, 9.17) is 0 Å². The smallest absolute Gasteiger partial charge is 0.257 e. The number of amidine groups is 1. The van der Waals surface area contributed by atoms with E-state index in [-0.39, 0.29) is 11.7 Å². The molecule has 5 rings (SSSR count). The number of amides is 1. The van der Waals surface area contributed by atoms with Crippen LogP contribution in [-0.2, 0) is 10.0 Å². The van der Waals surface area contributed by atoms with E-state index < -0.39 is 10.0 Å². The highest BCUT2D eigenvalue weighted by Crippen LogP contribution is 2.42. The zero-order chi connectivity index (χ0) is 21.4. The standard InChI is InChI=1S/C22H30N4O3S2/c27-21(25-11-7-17(8-12-25)16-24-9-3-1-2-4-10-24)18-5-6-19-20(15-18)30-22-23-31(28,29)14-13-26(19)22/h5-6,15,17H,1-4,7-14,16H2. The van der Waals surface area contributed by atoms with Crippen molar-refractivity contribution in [2.45, 2.75) is 43.4 Å². The van der Waals surface area contributed by atoms with Gasteiger partial charge in [-0.2, -0.15) is 0 Å². The van der Waals surface area contributed by atoms with Crippen molar-refractivity contribution in [3.05, 3.63) is 23.8 Å². The average Bonchev–Trinajstić information content (AvgIpc) is 2.91. The number of rotatable bonds is 3. The van der Waals surface area contributed by atoms with Crippen LogP contribution in [-0.4, -0.2) is 74.3 Å². The second-order valence-corrected chi connectivity index (χ2v) is 11.8. The van der Waals surface area contributed by atoms with Gasteiger partial charge in [0.1, 0.15) is 0 Å². The summed E-state index contributed by atoms with van der Waals surface area (Å²) in [5.74, 6) is 0.800. The molecule has 1 aromatic rings. The normalized spacial score (nSPS) is 24.3. The summed E-state index contributed by atoms with van der Waals surface area (Å²) in [6.45, 7) is 5.69. The lowest BCUT2D eigenvalue weighted by Gasteiger charge is -2.34. The van der Waals surface area contributed by atoms with E-state index in [0.717, 1.165) is 36.5 Å². The van der Waals surface area contributed by atoms with Crippen LogP contribution >= 0.6 is 11.8 Å². The number of sulfonamides is 1. The maximum atomic E-state index is 13.1. The first-order valence-corrected chi connectivity index (χ1v) is 13.8. The molecular formula is C22H30N4O3S2. The summed E-state index contributed by atoms with van der Waals surface area (Å²) in [5.41, 5.74) is 1.63. The summed E-state index contributed by atoms with van der Waals surface area (Å²) in [5, 5.41) is 0.500. The molecule has 9 heteroatoms. The minimum Gasteiger partial charge on any atom is -0.339 e. The number of hydrogen-bond acceptors (Lipinski definition) is 6. The Morgan fingerprint density at radius 1 is 1.03 bits per heavy atom. The topological polar surface area (TPSA) is 73.3 Å². The number of hydrogen-bond donors (Lipinski definition) is 0. The number of thioether (sulfide) groups is 1. The van der Waals surface area contributed by atoms with Crippen LogP contribution in [0.2, 0.25) is 0 Å². The van der Waals surface area contributed by atoms with Crippen LogP contribution < -0.4 is 4.90 Å². The van der Waals surface area contributed by atoms with E-state index in [9.17, 15) is 13.2 Å². The Kier molecular flexibility index (Phi) is 6.00. The van der Waals surface area contributed by atoms with Crippen molar-refractivity contribution in [1.29, 1.82) is 0 Å². The van der Waals surface area contributed by atoms with Gasteiger partial charge in [-0.05, 0) is 74.7 Å². The fourth-order valence-electron chi connectivity index (χ4n) is 5.05. The summed E-state index contributed by atoms with van der Waals surface area (Å²) in [6.07, 6.45) is 7.52. The van der Waals surface area contributed by atoms with Crippen LogP contribution in [0, 0.1) is 5.92 Å². The number of piperidine rings is 1. The number of carbonyl (C=O) groups excluding carboxylic acids is 1. The Labute approximate surface area is 188 Å². The SMILES string of the molecule is O=C(c1ccc2c(c1)SC1=NS(=O)(=O)CCN12)N1CCC(CN2CCCCCC2)CC1. The van der Waals surface area contributed by atoms with Gasteiger partial charge >= 0.3 is 0 Å². The first kappa shape index (κ1) is 21.3.